The lowest BCUT2D eigenvalue weighted by Crippen LogP contribution is -2.27. The fraction of sp³-hybridized carbons (Fsp3) is 0.364. The van der Waals surface area contributed by atoms with Gasteiger partial charge in [0.2, 0.25) is 5.75 Å². The number of carbonyl (C=O) groups excluding carboxylic acids is 2. The zero-order valence-corrected chi connectivity index (χ0v) is 17.3. The van der Waals surface area contributed by atoms with Crippen LogP contribution in [0, 0.1) is 0 Å². The number of benzene rings is 2. The molecule has 0 aromatic heterocycles. The molecule has 0 radical (unpaired) electrons. The molecular weight excluding hydrogens is 388 g/mol. The van der Waals surface area contributed by atoms with Crippen LogP contribution < -0.4 is 24.8 Å². The molecule has 2 aromatic carbocycles. The fourth-order valence-electron chi connectivity index (χ4n) is 3.27. The lowest BCUT2D eigenvalue weighted by atomic mass is 10.1. The molecule has 8 nitrogen and oxygen atoms in total. The Labute approximate surface area is 175 Å². The van der Waals surface area contributed by atoms with Crippen LogP contribution in [0.1, 0.15) is 28.8 Å². The van der Waals surface area contributed by atoms with E-state index in [1.54, 1.807) is 36.4 Å². The number of rotatable bonds is 8. The second kappa shape index (κ2) is 9.98. The van der Waals surface area contributed by atoms with Crippen LogP contribution in [0.3, 0.4) is 0 Å². The summed E-state index contributed by atoms with van der Waals surface area (Å²) in [5, 5.41) is 5.67. The van der Waals surface area contributed by atoms with E-state index >= 15 is 0 Å². The van der Waals surface area contributed by atoms with Crippen molar-refractivity contribution in [3.8, 4) is 17.2 Å². The monoisotopic (exact) mass is 414 g/mol. The van der Waals surface area contributed by atoms with Crippen LogP contribution in [-0.4, -0.2) is 45.9 Å². The maximum absolute atomic E-state index is 12.6. The molecular formula is C22H26N2O6. The highest BCUT2D eigenvalue weighted by molar-refractivity contribution is 5.98. The van der Waals surface area contributed by atoms with Crippen molar-refractivity contribution >= 4 is 17.5 Å². The quantitative estimate of drug-likeness (QED) is 0.690. The Morgan fingerprint density at radius 1 is 1.07 bits per heavy atom. The summed E-state index contributed by atoms with van der Waals surface area (Å²) >= 11 is 0. The molecule has 1 heterocycles. The SMILES string of the molecule is COc1cc(CNC(=O)c2cccc(NC(=O)C3CCCO3)c2)cc(OC)c1OC. The first-order chi connectivity index (χ1) is 14.5. The second-order valence-corrected chi connectivity index (χ2v) is 6.79. The van der Waals surface area contributed by atoms with Crippen molar-refractivity contribution in [2.24, 2.45) is 0 Å². The van der Waals surface area contributed by atoms with Crippen LogP contribution in [-0.2, 0) is 16.1 Å². The largest absolute Gasteiger partial charge is 0.493 e. The van der Waals surface area contributed by atoms with Gasteiger partial charge in [0.05, 0.1) is 21.3 Å². The van der Waals surface area contributed by atoms with E-state index in [-0.39, 0.29) is 18.4 Å². The van der Waals surface area contributed by atoms with E-state index in [9.17, 15) is 9.59 Å². The van der Waals surface area contributed by atoms with E-state index < -0.39 is 6.10 Å². The molecule has 1 aliphatic rings. The van der Waals surface area contributed by atoms with E-state index in [1.165, 1.54) is 21.3 Å². The van der Waals surface area contributed by atoms with Crippen LogP contribution >= 0.6 is 0 Å². The molecule has 30 heavy (non-hydrogen) atoms. The minimum Gasteiger partial charge on any atom is -0.493 e. The number of anilines is 1. The number of ether oxygens (including phenoxy) is 4. The molecule has 3 rings (SSSR count). The summed E-state index contributed by atoms with van der Waals surface area (Å²) in [6, 6.07) is 10.3. The lowest BCUT2D eigenvalue weighted by Gasteiger charge is -2.15. The summed E-state index contributed by atoms with van der Waals surface area (Å²) in [5.41, 5.74) is 1.78. The Balaban J connectivity index is 1.66. The van der Waals surface area contributed by atoms with Crippen molar-refractivity contribution in [2.75, 3.05) is 33.3 Å². The maximum Gasteiger partial charge on any atom is 0.253 e. The molecule has 1 atom stereocenters. The molecule has 0 aliphatic carbocycles. The zero-order chi connectivity index (χ0) is 21.5. The number of hydrogen-bond donors (Lipinski definition) is 2. The molecule has 1 saturated heterocycles. The molecule has 2 amide bonds. The maximum atomic E-state index is 12.6. The van der Waals surface area contributed by atoms with Gasteiger partial charge in [0.15, 0.2) is 11.5 Å². The van der Waals surface area contributed by atoms with Gasteiger partial charge in [-0.15, -0.1) is 0 Å². The van der Waals surface area contributed by atoms with E-state index in [4.69, 9.17) is 18.9 Å². The molecule has 0 bridgehead atoms. The number of nitrogens with one attached hydrogen (secondary N) is 2. The van der Waals surface area contributed by atoms with Crippen LogP contribution in [0.25, 0.3) is 0 Å². The van der Waals surface area contributed by atoms with Crippen molar-refractivity contribution in [1.82, 2.24) is 5.32 Å². The predicted molar refractivity (Wildman–Crippen MR) is 111 cm³/mol. The molecule has 8 heteroatoms. The summed E-state index contributed by atoms with van der Waals surface area (Å²) in [4.78, 5) is 24.8. The van der Waals surface area contributed by atoms with E-state index in [2.05, 4.69) is 10.6 Å². The second-order valence-electron chi connectivity index (χ2n) is 6.79. The first-order valence-electron chi connectivity index (χ1n) is 9.65. The molecule has 1 aliphatic heterocycles. The molecule has 2 N–H and O–H groups in total. The van der Waals surface area contributed by atoms with Crippen LogP contribution in [0.4, 0.5) is 5.69 Å². The van der Waals surface area contributed by atoms with E-state index in [0.717, 1.165) is 12.0 Å². The molecule has 160 valence electrons. The highest BCUT2D eigenvalue weighted by atomic mass is 16.5. The molecule has 2 aromatic rings. The average Bonchev–Trinajstić information content (AvgIpc) is 3.32. The van der Waals surface area contributed by atoms with Gasteiger partial charge >= 0.3 is 0 Å². The zero-order valence-electron chi connectivity index (χ0n) is 17.3. The molecule has 0 saturated carbocycles. The van der Waals surface area contributed by atoms with Crippen LogP contribution in [0.15, 0.2) is 36.4 Å². The summed E-state index contributed by atoms with van der Waals surface area (Å²) in [6.07, 6.45) is 1.16. The number of hydrogen-bond acceptors (Lipinski definition) is 6. The number of methoxy groups -OCH3 is 3. The fourth-order valence-corrected chi connectivity index (χ4v) is 3.27. The first-order valence-corrected chi connectivity index (χ1v) is 9.65. The van der Waals surface area contributed by atoms with Gasteiger partial charge in [0.25, 0.3) is 11.8 Å². The van der Waals surface area contributed by atoms with E-state index in [0.29, 0.717) is 41.5 Å². The molecule has 0 spiro atoms. The third kappa shape index (κ3) is 5.01. The van der Waals surface area contributed by atoms with Gasteiger partial charge in [-0.3, -0.25) is 9.59 Å². The number of carbonyl (C=O) groups is 2. The third-order valence-corrected chi connectivity index (χ3v) is 4.79. The molecule has 1 unspecified atom stereocenters. The van der Waals surface area contributed by atoms with Gasteiger partial charge in [0.1, 0.15) is 6.10 Å². The summed E-state index contributed by atoms with van der Waals surface area (Å²) in [5.74, 6) is 1.06. The van der Waals surface area contributed by atoms with Gasteiger partial charge in [-0.25, -0.2) is 0 Å². The van der Waals surface area contributed by atoms with Crippen LogP contribution in [0.5, 0.6) is 17.2 Å². The molecule has 1 fully saturated rings. The van der Waals surface area contributed by atoms with Crippen molar-refractivity contribution in [1.29, 1.82) is 0 Å². The Bertz CT molecular complexity index is 883. The first kappa shape index (κ1) is 21.4. The summed E-state index contributed by atoms with van der Waals surface area (Å²) in [7, 11) is 4.61. The minimum atomic E-state index is -0.428. The highest BCUT2D eigenvalue weighted by Gasteiger charge is 2.23. The summed E-state index contributed by atoms with van der Waals surface area (Å²) in [6.45, 7) is 0.865. The average molecular weight is 414 g/mol. The Kier molecular flexibility index (Phi) is 7.13. The number of amides is 2. The topological polar surface area (TPSA) is 95.1 Å². The van der Waals surface area contributed by atoms with Crippen molar-refractivity contribution in [2.45, 2.75) is 25.5 Å². The van der Waals surface area contributed by atoms with Crippen molar-refractivity contribution < 1.29 is 28.5 Å². The Hall–Kier alpha value is -3.26. The summed E-state index contributed by atoms with van der Waals surface area (Å²) < 4.78 is 21.4. The lowest BCUT2D eigenvalue weighted by molar-refractivity contribution is -0.124. The van der Waals surface area contributed by atoms with Gasteiger partial charge in [0, 0.05) is 24.4 Å². The minimum absolute atomic E-state index is 0.192. The smallest absolute Gasteiger partial charge is 0.253 e. The van der Waals surface area contributed by atoms with Gasteiger partial charge < -0.3 is 29.6 Å². The Morgan fingerprint density at radius 3 is 2.40 bits per heavy atom. The standard InChI is InChI=1S/C22H26N2O6/c1-27-18-10-14(11-19(28-2)20(18)29-3)13-23-21(25)15-6-4-7-16(12-15)24-22(26)17-8-5-9-30-17/h4,6-7,10-12,17H,5,8-9,13H2,1-3H3,(H,23,25)(H,24,26). The Morgan fingerprint density at radius 2 is 1.80 bits per heavy atom. The normalized spacial score (nSPS) is 15.4. The van der Waals surface area contributed by atoms with Crippen molar-refractivity contribution in [3.63, 3.8) is 0 Å². The highest BCUT2D eigenvalue weighted by Crippen LogP contribution is 2.38. The van der Waals surface area contributed by atoms with Crippen LogP contribution in [0.2, 0.25) is 0 Å². The van der Waals surface area contributed by atoms with Gasteiger partial charge in [-0.2, -0.15) is 0 Å². The van der Waals surface area contributed by atoms with E-state index in [1.807, 2.05) is 0 Å². The third-order valence-electron chi connectivity index (χ3n) is 4.79. The van der Waals surface area contributed by atoms with Gasteiger partial charge in [-0.05, 0) is 48.7 Å². The predicted octanol–water partition coefficient (Wildman–Crippen LogP) is 2.76. The van der Waals surface area contributed by atoms with Gasteiger partial charge in [-0.1, -0.05) is 6.07 Å². The van der Waals surface area contributed by atoms with Crippen molar-refractivity contribution in [3.05, 3.63) is 47.5 Å².